The minimum absolute atomic E-state index is 0.135. The predicted molar refractivity (Wildman–Crippen MR) is 141 cm³/mol. The van der Waals surface area contributed by atoms with E-state index in [4.69, 9.17) is 14.7 Å². The molecular weight excluding hydrogens is 420 g/mol. The molecule has 2 aromatic rings. The molecule has 0 aliphatic carbocycles. The van der Waals surface area contributed by atoms with Gasteiger partial charge >= 0.3 is 5.97 Å². The molecule has 1 aromatic heterocycles. The van der Waals surface area contributed by atoms with Gasteiger partial charge in [0.2, 0.25) is 0 Å². The Morgan fingerprint density at radius 3 is 2.15 bits per heavy atom. The van der Waals surface area contributed by atoms with Crippen molar-refractivity contribution in [3.05, 3.63) is 59.7 Å². The smallest absolute Gasteiger partial charge is 0.306 e. The van der Waals surface area contributed by atoms with Crippen LogP contribution in [0.3, 0.4) is 0 Å². The molecule has 0 amide bonds. The highest BCUT2D eigenvalue weighted by Gasteiger charge is 2.25. The van der Waals surface area contributed by atoms with Crippen molar-refractivity contribution in [1.82, 2.24) is 9.97 Å². The van der Waals surface area contributed by atoms with Gasteiger partial charge in [0.1, 0.15) is 12.4 Å². The third kappa shape index (κ3) is 11.3. The molecule has 34 heavy (non-hydrogen) atoms. The van der Waals surface area contributed by atoms with E-state index >= 15 is 0 Å². The Morgan fingerprint density at radius 1 is 0.853 bits per heavy atom. The van der Waals surface area contributed by atoms with E-state index in [-0.39, 0.29) is 17.8 Å². The summed E-state index contributed by atoms with van der Waals surface area (Å²) in [6.07, 6.45) is 16.7. The molecule has 188 valence electrons. The van der Waals surface area contributed by atoms with Crippen molar-refractivity contribution in [2.45, 2.75) is 111 Å². The van der Waals surface area contributed by atoms with Crippen molar-refractivity contribution >= 4 is 5.97 Å². The number of unbranched alkanes of at least 4 members (excludes halogenated alkanes) is 6. The van der Waals surface area contributed by atoms with Gasteiger partial charge in [-0.15, -0.1) is 0 Å². The first-order valence-electron chi connectivity index (χ1n) is 13.5. The number of hydrogen-bond donors (Lipinski definition) is 0. The molecule has 1 aromatic carbocycles. The van der Waals surface area contributed by atoms with Gasteiger partial charge in [0, 0.05) is 24.7 Å². The number of carbonyl (C=O) groups excluding carboxylic acids is 1. The molecule has 0 unspecified atom stereocenters. The van der Waals surface area contributed by atoms with Crippen LogP contribution in [0, 0.1) is 11.8 Å². The van der Waals surface area contributed by atoms with E-state index in [0.29, 0.717) is 18.9 Å². The second kappa shape index (κ2) is 16.4. The molecule has 0 aliphatic rings. The first-order valence-corrected chi connectivity index (χ1v) is 13.5. The fourth-order valence-corrected chi connectivity index (χ4v) is 4.35. The molecule has 0 spiro atoms. The quantitative estimate of drug-likeness (QED) is 0.175. The number of hydrogen-bond acceptors (Lipinski definition) is 4. The van der Waals surface area contributed by atoms with Gasteiger partial charge in [0.25, 0.3) is 0 Å². The predicted octanol–water partition coefficient (Wildman–Crippen LogP) is 8.06. The van der Waals surface area contributed by atoms with Crippen LogP contribution in [-0.4, -0.2) is 15.9 Å². The van der Waals surface area contributed by atoms with Gasteiger partial charge in [-0.3, -0.25) is 4.79 Å². The van der Waals surface area contributed by atoms with Gasteiger partial charge in [-0.25, -0.2) is 9.97 Å². The maximum absolute atomic E-state index is 12.5. The van der Waals surface area contributed by atoms with Crippen molar-refractivity contribution in [3.8, 4) is 0 Å². The Morgan fingerprint density at radius 2 is 1.50 bits per heavy atom. The van der Waals surface area contributed by atoms with Crippen LogP contribution in [0.15, 0.2) is 42.7 Å². The van der Waals surface area contributed by atoms with Gasteiger partial charge in [0.15, 0.2) is 0 Å². The summed E-state index contributed by atoms with van der Waals surface area (Å²) in [6.45, 7) is 9.19. The molecule has 0 aliphatic heterocycles. The topological polar surface area (TPSA) is 52.1 Å². The van der Waals surface area contributed by atoms with Crippen LogP contribution in [0.1, 0.15) is 115 Å². The van der Waals surface area contributed by atoms with Crippen LogP contribution in [0.5, 0.6) is 0 Å². The highest BCUT2D eigenvalue weighted by molar-refractivity contribution is 5.69. The third-order valence-electron chi connectivity index (χ3n) is 6.60. The van der Waals surface area contributed by atoms with Gasteiger partial charge in [-0.05, 0) is 42.2 Å². The molecule has 0 fully saturated rings. The Kier molecular flexibility index (Phi) is 13.5. The third-order valence-corrected chi connectivity index (χ3v) is 6.60. The van der Waals surface area contributed by atoms with Crippen LogP contribution in [0.4, 0.5) is 0 Å². The van der Waals surface area contributed by atoms with E-state index in [1.54, 1.807) is 0 Å². The molecule has 2 atom stereocenters. The lowest BCUT2D eigenvalue weighted by Gasteiger charge is -2.23. The zero-order valence-electron chi connectivity index (χ0n) is 22.0. The molecule has 0 radical (unpaired) electrons. The highest BCUT2D eigenvalue weighted by Crippen LogP contribution is 2.31. The monoisotopic (exact) mass is 466 g/mol. The normalized spacial score (nSPS) is 13.1. The van der Waals surface area contributed by atoms with E-state index in [2.05, 4.69) is 27.7 Å². The van der Waals surface area contributed by atoms with E-state index in [1.807, 2.05) is 42.7 Å². The number of aromatic nitrogens is 2. The summed E-state index contributed by atoms with van der Waals surface area (Å²) in [6, 6.07) is 9.84. The van der Waals surface area contributed by atoms with Crippen molar-refractivity contribution in [2.24, 2.45) is 11.8 Å². The second-order valence-corrected chi connectivity index (χ2v) is 10.2. The summed E-state index contributed by atoms with van der Waals surface area (Å²) in [5, 5.41) is 0. The number of rotatable bonds is 17. The van der Waals surface area contributed by atoms with Crippen molar-refractivity contribution < 1.29 is 9.53 Å². The Labute approximate surface area is 208 Å². The van der Waals surface area contributed by atoms with Gasteiger partial charge in [0.05, 0.1) is 0 Å². The molecule has 0 saturated heterocycles. The van der Waals surface area contributed by atoms with Crippen LogP contribution >= 0.6 is 0 Å². The molecular formula is C30H46N2O2. The van der Waals surface area contributed by atoms with E-state index in [1.165, 1.54) is 50.5 Å². The van der Waals surface area contributed by atoms with Gasteiger partial charge in [-0.1, -0.05) is 103 Å². The zero-order valence-corrected chi connectivity index (χ0v) is 22.0. The molecule has 2 rings (SSSR count). The van der Waals surface area contributed by atoms with Crippen molar-refractivity contribution in [2.75, 3.05) is 0 Å². The van der Waals surface area contributed by atoms with Gasteiger partial charge in [-0.2, -0.15) is 0 Å². The zero-order chi connectivity index (χ0) is 24.6. The first-order chi connectivity index (χ1) is 16.5. The van der Waals surface area contributed by atoms with Crippen LogP contribution < -0.4 is 0 Å². The number of aryl methyl sites for hydroxylation is 1. The molecule has 0 N–H and O–H groups in total. The summed E-state index contributed by atoms with van der Waals surface area (Å²) in [5.41, 5.74) is 2.23. The molecule has 0 saturated carbocycles. The van der Waals surface area contributed by atoms with Crippen LogP contribution in [0.25, 0.3) is 0 Å². The van der Waals surface area contributed by atoms with Crippen LogP contribution in [0.2, 0.25) is 0 Å². The number of nitrogens with zero attached hydrogens (tertiary/aromatic N) is 2. The first kappa shape index (κ1) is 28.0. The summed E-state index contributed by atoms with van der Waals surface area (Å²) < 4.78 is 5.54. The SMILES string of the molecule is CCCCCCCCCc1cnc([C@@H](CCC(C)C)[C@@H](C)CC(=O)OCc2ccccc2)nc1. The summed E-state index contributed by atoms with van der Waals surface area (Å²) in [5.74, 6) is 1.63. The fraction of sp³-hybridized carbons (Fsp3) is 0.633. The van der Waals surface area contributed by atoms with Crippen LogP contribution in [-0.2, 0) is 22.6 Å². The largest absolute Gasteiger partial charge is 0.461 e. The Bertz CT molecular complexity index is 789. The summed E-state index contributed by atoms with van der Waals surface area (Å²) >= 11 is 0. The highest BCUT2D eigenvalue weighted by atomic mass is 16.5. The number of carbonyl (C=O) groups is 1. The number of esters is 1. The number of benzene rings is 1. The second-order valence-electron chi connectivity index (χ2n) is 10.2. The Hall–Kier alpha value is -2.23. The van der Waals surface area contributed by atoms with Gasteiger partial charge < -0.3 is 4.74 Å². The van der Waals surface area contributed by atoms with Crippen molar-refractivity contribution in [3.63, 3.8) is 0 Å². The average Bonchev–Trinajstić information content (AvgIpc) is 2.83. The molecule has 4 nitrogen and oxygen atoms in total. The minimum Gasteiger partial charge on any atom is -0.461 e. The van der Waals surface area contributed by atoms with E-state index in [0.717, 1.165) is 30.7 Å². The molecule has 0 bridgehead atoms. The maximum Gasteiger partial charge on any atom is 0.306 e. The number of ether oxygens (including phenoxy) is 1. The summed E-state index contributed by atoms with van der Waals surface area (Å²) in [7, 11) is 0. The van der Waals surface area contributed by atoms with Crippen molar-refractivity contribution in [1.29, 1.82) is 0 Å². The minimum atomic E-state index is -0.151. The lowest BCUT2D eigenvalue weighted by atomic mass is 9.85. The Balaban J connectivity index is 1.87. The fourth-order valence-electron chi connectivity index (χ4n) is 4.35. The average molecular weight is 467 g/mol. The molecule has 4 heteroatoms. The standard InChI is InChI=1S/C30H46N2O2/c1-5-6-7-8-9-10-12-17-27-21-31-30(32-22-27)28(19-18-24(2)3)25(4)20-29(33)34-23-26-15-13-11-14-16-26/h11,13-16,21-22,24-25,28H,5-10,12,17-20,23H2,1-4H3/t25-,28-/m0/s1. The summed E-state index contributed by atoms with van der Waals surface area (Å²) in [4.78, 5) is 22.0. The lowest BCUT2D eigenvalue weighted by Crippen LogP contribution is -2.19. The lowest BCUT2D eigenvalue weighted by molar-refractivity contribution is -0.146. The molecule has 1 heterocycles. The van der Waals surface area contributed by atoms with E-state index in [9.17, 15) is 4.79 Å². The maximum atomic E-state index is 12.5. The van der Waals surface area contributed by atoms with E-state index < -0.39 is 0 Å².